The van der Waals surface area contributed by atoms with Crippen LogP contribution in [0.15, 0.2) is 24.3 Å². The first-order chi connectivity index (χ1) is 11.4. The minimum Gasteiger partial charge on any atom is -0.491 e. The van der Waals surface area contributed by atoms with Crippen molar-refractivity contribution in [3.05, 3.63) is 29.8 Å². The van der Waals surface area contributed by atoms with E-state index in [0.717, 1.165) is 6.42 Å². The fourth-order valence-corrected chi connectivity index (χ4v) is 1.86. The molecule has 6 nitrogen and oxygen atoms in total. The van der Waals surface area contributed by atoms with Crippen LogP contribution in [0.2, 0.25) is 0 Å². The van der Waals surface area contributed by atoms with Gasteiger partial charge in [0.05, 0.1) is 6.61 Å². The van der Waals surface area contributed by atoms with Crippen molar-refractivity contribution < 1.29 is 24.2 Å². The van der Waals surface area contributed by atoms with Crippen LogP contribution in [0.1, 0.15) is 44.0 Å². The van der Waals surface area contributed by atoms with E-state index in [4.69, 9.17) is 9.47 Å². The van der Waals surface area contributed by atoms with Gasteiger partial charge in [0.2, 0.25) is 0 Å². The van der Waals surface area contributed by atoms with Crippen LogP contribution in [0.4, 0.5) is 0 Å². The molecule has 0 aromatic heterocycles. The van der Waals surface area contributed by atoms with Gasteiger partial charge in [-0.2, -0.15) is 0 Å². The molecule has 0 spiro atoms. The summed E-state index contributed by atoms with van der Waals surface area (Å²) in [5.74, 6) is -0.240. The lowest BCUT2D eigenvalue weighted by Gasteiger charge is -2.15. The summed E-state index contributed by atoms with van der Waals surface area (Å²) < 4.78 is 10.4. The third-order valence-corrected chi connectivity index (χ3v) is 3.15. The Hall–Kier alpha value is -1.92. The predicted octanol–water partition coefficient (Wildman–Crippen LogP) is 1.95. The second-order valence-corrected chi connectivity index (χ2v) is 5.87. The molecule has 0 aliphatic carbocycles. The average molecular weight is 337 g/mol. The van der Waals surface area contributed by atoms with E-state index in [2.05, 4.69) is 5.32 Å². The summed E-state index contributed by atoms with van der Waals surface area (Å²) in [4.78, 5) is 23.4. The van der Waals surface area contributed by atoms with Crippen LogP contribution in [-0.4, -0.2) is 48.8 Å². The van der Waals surface area contributed by atoms with Gasteiger partial charge in [-0.1, -0.05) is 20.8 Å². The van der Waals surface area contributed by atoms with E-state index in [-0.39, 0.29) is 18.8 Å². The van der Waals surface area contributed by atoms with Gasteiger partial charge in [-0.3, -0.25) is 9.59 Å². The van der Waals surface area contributed by atoms with Crippen LogP contribution in [0.3, 0.4) is 0 Å². The van der Waals surface area contributed by atoms with Gasteiger partial charge in [0.15, 0.2) is 5.78 Å². The maximum absolute atomic E-state index is 12.0. The first-order valence-electron chi connectivity index (χ1n) is 8.25. The van der Waals surface area contributed by atoms with Gasteiger partial charge in [0, 0.05) is 18.2 Å². The number of Topliss-reactive ketones (excluding diaryl/α,β-unsaturated/α-hetero) is 1. The molecule has 6 heteroatoms. The number of rotatable bonds is 11. The van der Waals surface area contributed by atoms with Crippen molar-refractivity contribution >= 4 is 11.8 Å². The van der Waals surface area contributed by atoms with E-state index in [1.165, 1.54) is 0 Å². The Morgan fingerprint density at radius 3 is 2.46 bits per heavy atom. The maximum atomic E-state index is 12.0. The molecule has 0 amide bonds. The van der Waals surface area contributed by atoms with Crippen molar-refractivity contribution in [1.29, 1.82) is 0 Å². The molecule has 1 unspecified atom stereocenters. The molecule has 0 saturated carbocycles. The van der Waals surface area contributed by atoms with Crippen molar-refractivity contribution in [3.8, 4) is 5.75 Å². The molecular formula is C18H27NO5. The quantitative estimate of drug-likeness (QED) is 0.365. The monoisotopic (exact) mass is 337 g/mol. The number of ether oxygens (including phenoxy) is 2. The van der Waals surface area contributed by atoms with E-state index >= 15 is 0 Å². The van der Waals surface area contributed by atoms with Crippen molar-refractivity contribution in [2.75, 3.05) is 19.8 Å². The van der Waals surface area contributed by atoms with Gasteiger partial charge in [-0.15, -0.1) is 0 Å². The first kappa shape index (κ1) is 20.1. The van der Waals surface area contributed by atoms with Gasteiger partial charge >= 0.3 is 5.97 Å². The van der Waals surface area contributed by atoms with E-state index < -0.39 is 12.1 Å². The Morgan fingerprint density at radius 1 is 1.21 bits per heavy atom. The zero-order chi connectivity index (χ0) is 17.9. The van der Waals surface area contributed by atoms with Crippen LogP contribution in [0.25, 0.3) is 0 Å². The molecule has 24 heavy (non-hydrogen) atoms. The summed E-state index contributed by atoms with van der Waals surface area (Å²) in [5, 5.41) is 12.9. The summed E-state index contributed by atoms with van der Waals surface area (Å²) in [6.45, 7) is 6.84. The lowest BCUT2D eigenvalue weighted by atomic mass is 10.1. The molecule has 0 saturated heterocycles. The number of hydrogen-bond donors (Lipinski definition) is 2. The number of carbonyl (C=O) groups is 2. The number of hydrogen-bond acceptors (Lipinski definition) is 6. The molecule has 0 aliphatic rings. The Morgan fingerprint density at radius 2 is 1.88 bits per heavy atom. The summed E-state index contributed by atoms with van der Waals surface area (Å²) in [7, 11) is 0. The van der Waals surface area contributed by atoms with Gasteiger partial charge < -0.3 is 19.9 Å². The number of aliphatic hydroxyl groups is 1. The fourth-order valence-electron chi connectivity index (χ4n) is 1.86. The third-order valence-electron chi connectivity index (χ3n) is 3.15. The SMILES string of the molecule is CCCOC(=O)CC(=O)c1ccc(OCC(O)CNC(C)C)cc1. The molecule has 0 radical (unpaired) electrons. The van der Waals surface area contributed by atoms with Gasteiger partial charge in [-0.05, 0) is 30.7 Å². The first-order valence-corrected chi connectivity index (χ1v) is 8.25. The zero-order valence-corrected chi connectivity index (χ0v) is 14.6. The topological polar surface area (TPSA) is 84.9 Å². The molecular weight excluding hydrogens is 310 g/mol. The zero-order valence-electron chi connectivity index (χ0n) is 14.6. The predicted molar refractivity (Wildman–Crippen MR) is 91.3 cm³/mol. The molecule has 1 aromatic rings. The lowest BCUT2D eigenvalue weighted by molar-refractivity contribution is -0.142. The third kappa shape index (κ3) is 8.08. The highest BCUT2D eigenvalue weighted by Gasteiger charge is 2.13. The van der Waals surface area contributed by atoms with Gasteiger partial charge in [-0.25, -0.2) is 0 Å². The van der Waals surface area contributed by atoms with Crippen LogP contribution >= 0.6 is 0 Å². The number of ketones is 1. The van der Waals surface area contributed by atoms with Gasteiger partial charge in [0.25, 0.3) is 0 Å². The highest BCUT2D eigenvalue weighted by atomic mass is 16.5. The summed E-state index contributed by atoms with van der Waals surface area (Å²) in [6, 6.07) is 6.79. The van der Waals surface area contributed by atoms with Crippen LogP contribution in [-0.2, 0) is 9.53 Å². The Kier molecular flexibility index (Phi) is 9.04. The molecule has 0 heterocycles. The molecule has 0 aliphatic heterocycles. The summed E-state index contributed by atoms with van der Waals surface area (Å²) in [6.07, 6.45) is -0.147. The molecule has 134 valence electrons. The van der Waals surface area contributed by atoms with Crippen molar-refractivity contribution in [3.63, 3.8) is 0 Å². The largest absolute Gasteiger partial charge is 0.491 e. The number of aliphatic hydroxyl groups excluding tert-OH is 1. The molecule has 0 fully saturated rings. The smallest absolute Gasteiger partial charge is 0.313 e. The lowest BCUT2D eigenvalue weighted by Crippen LogP contribution is -2.35. The van der Waals surface area contributed by atoms with Crippen LogP contribution in [0, 0.1) is 0 Å². The highest BCUT2D eigenvalue weighted by Crippen LogP contribution is 2.14. The minimum absolute atomic E-state index is 0.163. The molecule has 1 rings (SSSR count). The molecule has 1 atom stereocenters. The molecule has 2 N–H and O–H groups in total. The summed E-state index contributed by atoms with van der Waals surface area (Å²) in [5.41, 5.74) is 0.429. The standard InChI is InChI=1S/C18H27NO5/c1-4-9-23-18(22)10-17(21)14-5-7-16(8-6-14)24-12-15(20)11-19-13(2)3/h5-8,13,15,19-20H,4,9-12H2,1-3H3. The van der Waals surface area contributed by atoms with E-state index in [0.29, 0.717) is 30.5 Å². The Bertz CT molecular complexity index is 513. The van der Waals surface area contributed by atoms with Crippen LogP contribution < -0.4 is 10.1 Å². The second kappa shape index (κ2) is 10.8. The normalized spacial score (nSPS) is 12.0. The summed E-state index contributed by atoms with van der Waals surface area (Å²) >= 11 is 0. The van der Waals surface area contributed by atoms with Crippen molar-refractivity contribution in [1.82, 2.24) is 5.32 Å². The van der Waals surface area contributed by atoms with E-state index in [1.807, 2.05) is 20.8 Å². The van der Waals surface area contributed by atoms with E-state index in [9.17, 15) is 14.7 Å². The number of carbonyl (C=O) groups excluding carboxylic acids is 2. The Balaban J connectivity index is 2.42. The maximum Gasteiger partial charge on any atom is 0.313 e. The molecule has 0 bridgehead atoms. The Labute approximate surface area is 143 Å². The number of benzene rings is 1. The average Bonchev–Trinajstić information content (AvgIpc) is 2.56. The highest BCUT2D eigenvalue weighted by molar-refractivity contribution is 6.05. The number of nitrogens with one attached hydrogen (secondary N) is 1. The second-order valence-electron chi connectivity index (χ2n) is 5.87. The van der Waals surface area contributed by atoms with Gasteiger partial charge in [0.1, 0.15) is 24.9 Å². The van der Waals surface area contributed by atoms with Crippen molar-refractivity contribution in [2.45, 2.75) is 45.8 Å². The number of esters is 1. The van der Waals surface area contributed by atoms with E-state index in [1.54, 1.807) is 24.3 Å². The fraction of sp³-hybridized carbons (Fsp3) is 0.556. The minimum atomic E-state index is -0.609. The van der Waals surface area contributed by atoms with Crippen molar-refractivity contribution in [2.24, 2.45) is 0 Å². The van der Waals surface area contributed by atoms with Crippen LogP contribution in [0.5, 0.6) is 5.75 Å². The molecule has 1 aromatic carbocycles.